The van der Waals surface area contributed by atoms with Gasteiger partial charge in [-0.05, 0) is 103 Å². The van der Waals surface area contributed by atoms with E-state index in [1.165, 1.54) is 66.8 Å². The first-order chi connectivity index (χ1) is 18.4. The van der Waals surface area contributed by atoms with Crippen molar-refractivity contribution in [3.8, 4) is 44.5 Å². The van der Waals surface area contributed by atoms with Crippen molar-refractivity contribution in [2.75, 3.05) is 0 Å². The van der Waals surface area contributed by atoms with E-state index >= 15 is 0 Å². The molecule has 8 rings (SSSR count). The van der Waals surface area contributed by atoms with Gasteiger partial charge in [0.1, 0.15) is 0 Å². The molecule has 0 N–H and O–H groups in total. The van der Waals surface area contributed by atoms with Crippen LogP contribution in [0.3, 0.4) is 0 Å². The number of benzene rings is 4. The summed E-state index contributed by atoms with van der Waals surface area (Å²) in [5.41, 5.74) is 15.1. The van der Waals surface area contributed by atoms with Crippen LogP contribution >= 0.6 is 0 Å². The van der Waals surface area contributed by atoms with E-state index in [9.17, 15) is 0 Å². The zero-order valence-electron chi connectivity index (χ0n) is 20.1. The number of aromatic nitrogens is 2. The molecule has 172 valence electrons. The third-order valence-electron chi connectivity index (χ3n) is 8.12. The summed E-state index contributed by atoms with van der Waals surface area (Å²) in [5, 5.41) is 0. The summed E-state index contributed by atoms with van der Waals surface area (Å²) in [4.78, 5) is 8.48. The molecule has 4 aromatic carbocycles. The lowest BCUT2D eigenvalue weighted by Gasteiger charge is -2.31. The predicted octanol–water partition coefficient (Wildman–Crippen LogP) is 8.15. The summed E-state index contributed by atoms with van der Waals surface area (Å²) < 4.78 is 0. The van der Waals surface area contributed by atoms with Gasteiger partial charge >= 0.3 is 0 Å². The zero-order chi connectivity index (χ0) is 24.4. The largest absolute Gasteiger partial charge is 0.265 e. The molecule has 0 unspecified atom stereocenters. The second-order valence-electron chi connectivity index (χ2n) is 9.83. The maximum atomic E-state index is 4.24. The Morgan fingerprint density at radius 3 is 1.22 bits per heavy atom. The minimum atomic E-state index is -0.371. The molecule has 37 heavy (non-hydrogen) atoms. The summed E-state index contributed by atoms with van der Waals surface area (Å²) in [7, 11) is 0. The lowest BCUT2D eigenvalue weighted by Crippen LogP contribution is -2.26. The Morgan fingerprint density at radius 1 is 0.351 bits per heavy atom. The molecule has 1 spiro atoms. The summed E-state index contributed by atoms with van der Waals surface area (Å²) in [6, 6.07) is 40.2. The van der Waals surface area contributed by atoms with E-state index in [0.29, 0.717) is 0 Å². The molecule has 2 aliphatic carbocycles. The molecule has 0 radical (unpaired) electrons. The van der Waals surface area contributed by atoms with E-state index in [-0.39, 0.29) is 5.41 Å². The van der Waals surface area contributed by atoms with Crippen LogP contribution in [-0.4, -0.2) is 9.97 Å². The molecule has 0 amide bonds. The van der Waals surface area contributed by atoms with Crippen LogP contribution < -0.4 is 0 Å². The molecule has 2 aromatic heterocycles. The van der Waals surface area contributed by atoms with Gasteiger partial charge in [0.2, 0.25) is 0 Å². The second kappa shape index (κ2) is 7.59. The van der Waals surface area contributed by atoms with Crippen molar-refractivity contribution in [2.45, 2.75) is 5.41 Å². The van der Waals surface area contributed by atoms with Crippen LogP contribution in [0.2, 0.25) is 0 Å². The average Bonchev–Trinajstić information content (AvgIpc) is 3.45. The van der Waals surface area contributed by atoms with Crippen molar-refractivity contribution < 1.29 is 0 Å². The van der Waals surface area contributed by atoms with E-state index in [1.54, 1.807) is 0 Å². The highest BCUT2D eigenvalue weighted by molar-refractivity contribution is 5.96. The number of pyridine rings is 2. The van der Waals surface area contributed by atoms with E-state index < -0.39 is 0 Å². The number of hydrogen-bond donors (Lipinski definition) is 0. The Kier molecular flexibility index (Phi) is 4.18. The zero-order valence-corrected chi connectivity index (χ0v) is 20.1. The topological polar surface area (TPSA) is 25.8 Å². The third kappa shape index (κ3) is 2.70. The van der Waals surface area contributed by atoms with Crippen molar-refractivity contribution in [1.29, 1.82) is 0 Å². The third-order valence-corrected chi connectivity index (χ3v) is 8.12. The van der Waals surface area contributed by atoms with Crippen molar-refractivity contribution in [1.82, 2.24) is 9.97 Å². The lowest BCUT2D eigenvalue weighted by atomic mass is 9.70. The summed E-state index contributed by atoms with van der Waals surface area (Å²) in [6.07, 6.45) is 7.48. The van der Waals surface area contributed by atoms with Gasteiger partial charge < -0.3 is 0 Å². The number of hydrogen-bond acceptors (Lipinski definition) is 2. The molecule has 2 heteroatoms. The van der Waals surface area contributed by atoms with Crippen molar-refractivity contribution >= 4 is 0 Å². The fourth-order valence-corrected chi connectivity index (χ4v) is 6.59. The van der Waals surface area contributed by atoms with Crippen LogP contribution in [0, 0.1) is 0 Å². The quantitative estimate of drug-likeness (QED) is 0.255. The molecule has 0 saturated carbocycles. The summed E-state index contributed by atoms with van der Waals surface area (Å²) in [5.74, 6) is 0. The van der Waals surface area contributed by atoms with Gasteiger partial charge in [0.05, 0.1) is 5.41 Å². The van der Waals surface area contributed by atoms with Gasteiger partial charge in [-0.1, -0.05) is 72.8 Å². The van der Waals surface area contributed by atoms with Gasteiger partial charge in [0.25, 0.3) is 0 Å². The maximum absolute atomic E-state index is 4.24. The smallest absolute Gasteiger partial charge is 0.0725 e. The molecule has 0 bridgehead atoms. The molecule has 0 atom stereocenters. The van der Waals surface area contributed by atoms with Gasteiger partial charge in [-0.15, -0.1) is 0 Å². The molecule has 6 aromatic rings. The van der Waals surface area contributed by atoms with Crippen LogP contribution in [0.1, 0.15) is 22.3 Å². The highest BCUT2D eigenvalue weighted by atomic mass is 14.6. The van der Waals surface area contributed by atoms with E-state index in [4.69, 9.17) is 0 Å². The number of rotatable bonds is 2. The lowest BCUT2D eigenvalue weighted by molar-refractivity contribution is 0.794. The van der Waals surface area contributed by atoms with Gasteiger partial charge in [-0.2, -0.15) is 0 Å². The minimum Gasteiger partial charge on any atom is -0.265 e. The van der Waals surface area contributed by atoms with Crippen LogP contribution in [0.4, 0.5) is 0 Å². The normalized spacial score (nSPS) is 13.6. The average molecular weight is 471 g/mol. The molecule has 0 saturated heterocycles. The van der Waals surface area contributed by atoms with Gasteiger partial charge in [-0.3, -0.25) is 9.97 Å². The summed E-state index contributed by atoms with van der Waals surface area (Å²) in [6.45, 7) is 0. The molecular formula is C35H22N2. The SMILES string of the molecule is c1ccc2c(c1)-c1ccc(-c3ccncc3)cc1C21c2ccccc2-c2ccc(-c3ccncc3)cc21. The minimum absolute atomic E-state index is 0.371. The molecule has 0 fully saturated rings. The Hall–Kier alpha value is -4.82. The van der Waals surface area contributed by atoms with Crippen molar-refractivity contribution in [2.24, 2.45) is 0 Å². The van der Waals surface area contributed by atoms with Gasteiger partial charge in [0, 0.05) is 24.8 Å². The highest BCUT2D eigenvalue weighted by Gasteiger charge is 2.51. The first-order valence-corrected chi connectivity index (χ1v) is 12.7. The first kappa shape index (κ1) is 20.4. The highest BCUT2D eigenvalue weighted by Crippen LogP contribution is 2.63. The Balaban J connectivity index is 1.50. The monoisotopic (exact) mass is 470 g/mol. The van der Waals surface area contributed by atoms with E-state index in [1.807, 2.05) is 24.8 Å². The van der Waals surface area contributed by atoms with E-state index in [0.717, 1.165) is 0 Å². The fourth-order valence-electron chi connectivity index (χ4n) is 6.59. The van der Waals surface area contributed by atoms with Crippen LogP contribution in [0.25, 0.3) is 44.5 Å². The van der Waals surface area contributed by atoms with E-state index in [2.05, 4.69) is 119 Å². The standard InChI is InChI=1S/C35H22N2/c1-3-7-31-27(5-1)29-11-9-25(23-13-17-36-18-14-23)21-33(29)35(31)32-8-4-2-6-28(32)30-12-10-26(22-34(30)35)24-15-19-37-20-16-24/h1-22H. The van der Waals surface area contributed by atoms with Crippen molar-refractivity contribution in [3.05, 3.63) is 156 Å². The Labute approximate surface area is 216 Å². The molecule has 2 aliphatic rings. The van der Waals surface area contributed by atoms with Crippen molar-refractivity contribution in [3.63, 3.8) is 0 Å². The number of fused-ring (bicyclic) bond motifs is 10. The predicted molar refractivity (Wildman–Crippen MR) is 149 cm³/mol. The molecule has 0 aliphatic heterocycles. The first-order valence-electron chi connectivity index (χ1n) is 12.7. The molecule has 2 nitrogen and oxygen atoms in total. The van der Waals surface area contributed by atoms with Gasteiger partial charge in [0.15, 0.2) is 0 Å². The van der Waals surface area contributed by atoms with Crippen LogP contribution in [0.15, 0.2) is 134 Å². The molecule has 2 heterocycles. The Morgan fingerprint density at radius 2 is 0.757 bits per heavy atom. The van der Waals surface area contributed by atoms with Crippen LogP contribution in [0.5, 0.6) is 0 Å². The summed E-state index contributed by atoms with van der Waals surface area (Å²) >= 11 is 0. The second-order valence-corrected chi connectivity index (χ2v) is 9.83. The van der Waals surface area contributed by atoms with Crippen LogP contribution in [-0.2, 0) is 5.41 Å². The van der Waals surface area contributed by atoms with Gasteiger partial charge in [-0.25, -0.2) is 0 Å². The molecular weight excluding hydrogens is 448 g/mol. The Bertz CT molecular complexity index is 1680. The maximum Gasteiger partial charge on any atom is 0.0725 e. The number of nitrogens with zero attached hydrogens (tertiary/aromatic N) is 2. The fraction of sp³-hybridized carbons (Fsp3) is 0.0286.